The molecule has 2 unspecified atom stereocenters. The number of likely N-dealkylation sites (tertiary alicyclic amines) is 1. The van der Waals surface area contributed by atoms with Crippen LogP contribution in [0.3, 0.4) is 0 Å². The highest BCUT2D eigenvalue weighted by atomic mass is 16.4. The van der Waals surface area contributed by atoms with Gasteiger partial charge in [0.1, 0.15) is 0 Å². The van der Waals surface area contributed by atoms with E-state index < -0.39 is 5.97 Å². The van der Waals surface area contributed by atoms with E-state index in [1.807, 2.05) is 0 Å². The fourth-order valence-corrected chi connectivity index (χ4v) is 4.86. The Hall–Kier alpha value is -0.570. The van der Waals surface area contributed by atoms with Crippen LogP contribution in [0.5, 0.6) is 0 Å². The lowest BCUT2D eigenvalue weighted by molar-refractivity contribution is -0.148. The fraction of sp³-hybridized carbons (Fsp3) is 0.941. The molecule has 0 amide bonds. The zero-order valence-electron chi connectivity index (χ0n) is 12.6. The molecule has 0 aromatic heterocycles. The number of carbonyl (C=O) groups is 1. The summed E-state index contributed by atoms with van der Waals surface area (Å²) >= 11 is 0. The maximum absolute atomic E-state index is 11.6. The van der Waals surface area contributed by atoms with Crippen molar-refractivity contribution in [2.45, 2.75) is 76.7 Å². The van der Waals surface area contributed by atoms with Gasteiger partial charge in [0.15, 0.2) is 0 Å². The largest absolute Gasteiger partial charge is 0.481 e. The summed E-state index contributed by atoms with van der Waals surface area (Å²) in [5, 5.41) is 9.52. The average molecular weight is 279 g/mol. The van der Waals surface area contributed by atoms with Crippen molar-refractivity contribution in [3.05, 3.63) is 0 Å². The second-order valence-corrected chi connectivity index (χ2v) is 7.47. The van der Waals surface area contributed by atoms with Crippen molar-refractivity contribution < 1.29 is 9.90 Å². The van der Waals surface area contributed by atoms with Crippen LogP contribution in [0.2, 0.25) is 0 Å². The van der Waals surface area contributed by atoms with E-state index in [1.165, 1.54) is 64.5 Å². The first-order chi connectivity index (χ1) is 9.70. The zero-order chi connectivity index (χ0) is 14.0. The predicted molar refractivity (Wildman–Crippen MR) is 79.7 cm³/mol. The van der Waals surface area contributed by atoms with Crippen LogP contribution in [0.4, 0.5) is 0 Å². The van der Waals surface area contributed by atoms with Gasteiger partial charge in [-0.15, -0.1) is 0 Å². The predicted octanol–water partition coefficient (Wildman–Crippen LogP) is 3.68. The summed E-state index contributed by atoms with van der Waals surface area (Å²) in [6.45, 7) is 2.36. The van der Waals surface area contributed by atoms with Crippen molar-refractivity contribution in [3.63, 3.8) is 0 Å². The van der Waals surface area contributed by atoms with Crippen LogP contribution in [0.25, 0.3) is 0 Å². The van der Waals surface area contributed by atoms with Gasteiger partial charge in [-0.2, -0.15) is 0 Å². The van der Waals surface area contributed by atoms with E-state index in [1.54, 1.807) is 0 Å². The molecule has 3 fully saturated rings. The second kappa shape index (κ2) is 6.05. The van der Waals surface area contributed by atoms with Crippen LogP contribution in [-0.2, 0) is 4.79 Å². The molecule has 114 valence electrons. The Morgan fingerprint density at radius 2 is 1.50 bits per heavy atom. The second-order valence-electron chi connectivity index (χ2n) is 7.47. The molecule has 20 heavy (non-hydrogen) atoms. The molecule has 0 bridgehead atoms. The molecule has 2 atom stereocenters. The molecule has 2 aliphatic carbocycles. The zero-order valence-corrected chi connectivity index (χ0v) is 12.6. The standard InChI is InChI=1S/C17H29NO2/c19-16(20)14-8-4-3-5-9-15(14)18-12-17(13-18)10-6-1-2-7-11-17/h14-15H,1-13H2,(H,19,20). The first-order valence-corrected chi connectivity index (χ1v) is 8.67. The number of nitrogens with zero attached hydrogens (tertiary/aromatic N) is 1. The van der Waals surface area contributed by atoms with Crippen LogP contribution in [0.15, 0.2) is 0 Å². The number of carboxylic acids is 1. The van der Waals surface area contributed by atoms with Crippen LogP contribution in [0.1, 0.15) is 70.6 Å². The Balaban J connectivity index is 1.62. The smallest absolute Gasteiger partial charge is 0.308 e. The van der Waals surface area contributed by atoms with Crippen molar-refractivity contribution in [1.29, 1.82) is 0 Å². The van der Waals surface area contributed by atoms with E-state index >= 15 is 0 Å². The van der Waals surface area contributed by atoms with Crippen molar-refractivity contribution in [3.8, 4) is 0 Å². The van der Waals surface area contributed by atoms with Gasteiger partial charge in [-0.3, -0.25) is 9.69 Å². The third kappa shape index (κ3) is 2.88. The molecule has 3 nitrogen and oxygen atoms in total. The molecule has 1 aliphatic heterocycles. The van der Waals surface area contributed by atoms with Gasteiger partial charge in [-0.1, -0.05) is 44.9 Å². The molecule has 1 spiro atoms. The van der Waals surface area contributed by atoms with E-state index in [9.17, 15) is 9.90 Å². The summed E-state index contributed by atoms with van der Waals surface area (Å²) in [6.07, 6.45) is 13.9. The molecule has 0 aromatic carbocycles. The summed E-state index contributed by atoms with van der Waals surface area (Å²) < 4.78 is 0. The Labute approximate surface area is 122 Å². The van der Waals surface area contributed by atoms with Crippen molar-refractivity contribution in [2.75, 3.05) is 13.1 Å². The van der Waals surface area contributed by atoms with Crippen LogP contribution < -0.4 is 0 Å². The van der Waals surface area contributed by atoms with E-state index in [4.69, 9.17) is 0 Å². The number of hydrogen-bond donors (Lipinski definition) is 1. The normalized spacial score (nSPS) is 35.0. The molecule has 1 saturated heterocycles. The van der Waals surface area contributed by atoms with Gasteiger partial charge in [0, 0.05) is 19.1 Å². The van der Waals surface area contributed by atoms with Crippen molar-refractivity contribution >= 4 is 5.97 Å². The van der Waals surface area contributed by atoms with E-state index in [0.717, 1.165) is 19.3 Å². The summed E-state index contributed by atoms with van der Waals surface area (Å²) in [5.41, 5.74) is 0.561. The Morgan fingerprint density at radius 3 is 2.15 bits per heavy atom. The lowest BCUT2D eigenvalue weighted by Crippen LogP contribution is -2.61. The fourth-order valence-electron chi connectivity index (χ4n) is 4.86. The molecule has 1 N–H and O–H groups in total. The highest BCUT2D eigenvalue weighted by Crippen LogP contribution is 2.45. The van der Waals surface area contributed by atoms with Crippen LogP contribution in [-0.4, -0.2) is 35.1 Å². The summed E-state index contributed by atoms with van der Waals surface area (Å²) in [6, 6.07) is 0.323. The van der Waals surface area contributed by atoms with Gasteiger partial charge < -0.3 is 5.11 Å². The molecule has 1 heterocycles. The minimum Gasteiger partial charge on any atom is -0.481 e. The molecular formula is C17H29NO2. The maximum Gasteiger partial charge on any atom is 0.308 e. The number of carboxylic acid groups (broad SMARTS) is 1. The first-order valence-electron chi connectivity index (χ1n) is 8.67. The molecule has 3 aliphatic rings. The maximum atomic E-state index is 11.6. The van der Waals surface area contributed by atoms with Gasteiger partial charge in [0.05, 0.1) is 5.92 Å². The van der Waals surface area contributed by atoms with Gasteiger partial charge in [0.2, 0.25) is 0 Å². The lowest BCUT2D eigenvalue weighted by Gasteiger charge is -2.54. The number of aliphatic carboxylic acids is 1. The monoisotopic (exact) mass is 279 g/mol. The van der Waals surface area contributed by atoms with Gasteiger partial charge in [0.25, 0.3) is 0 Å². The average Bonchev–Trinajstić information content (AvgIpc) is 2.77. The van der Waals surface area contributed by atoms with Gasteiger partial charge in [-0.05, 0) is 31.1 Å². The van der Waals surface area contributed by atoms with Crippen LogP contribution in [0, 0.1) is 11.3 Å². The van der Waals surface area contributed by atoms with Crippen LogP contribution >= 0.6 is 0 Å². The van der Waals surface area contributed by atoms with E-state index in [2.05, 4.69) is 4.90 Å². The lowest BCUT2D eigenvalue weighted by atomic mass is 9.71. The third-order valence-corrected chi connectivity index (χ3v) is 6.01. The quantitative estimate of drug-likeness (QED) is 0.784. The first kappa shape index (κ1) is 14.4. The number of hydrogen-bond acceptors (Lipinski definition) is 2. The van der Waals surface area contributed by atoms with E-state index in [0.29, 0.717) is 11.5 Å². The van der Waals surface area contributed by atoms with Gasteiger partial charge >= 0.3 is 5.97 Å². The SMILES string of the molecule is O=C(O)C1CCCCCC1N1CC2(CCCCCC2)C1. The topological polar surface area (TPSA) is 40.5 Å². The Morgan fingerprint density at radius 1 is 0.900 bits per heavy atom. The number of rotatable bonds is 2. The molecule has 0 radical (unpaired) electrons. The molecule has 0 aromatic rings. The minimum atomic E-state index is -0.557. The van der Waals surface area contributed by atoms with Gasteiger partial charge in [-0.25, -0.2) is 0 Å². The highest BCUT2D eigenvalue weighted by molar-refractivity contribution is 5.71. The summed E-state index contributed by atoms with van der Waals surface area (Å²) in [4.78, 5) is 14.1. The highest BCUT2D eigenvalue weighted by Gasteiger charge is 2.47. The molecule has 3 rings (SSSR count). The molecule has 3 heteroatoms. The Bertz CT molecular complexity index is 339. The van der Waals surface area contributed by atoms with E-state index in [-0.39, 0.29) is 5.92 Å². The minimum absolute atomic E-state index is 0.111. The molecule has 2 saturated carbocycles. The molecular weight excluding hydrogens is 250 g/mol. The Kier molecular flexibility index (Phi) is 4.34. The van der Waals surface area contributed by atoms with Crippen molar-refractivity contribution in [1.82, 2.24) is 4.90 Å². The van der Waals surface area contributed by atoms with Crippen molar-refractivity contribution in [2.24, 2.45) is 11.3 Å². The summed E-state index contributed by atoms with van der Waals surface area (Å²) in [5.74, 6) is -0.667. The third-order valence-electron chi connectivity index (χ3n) is 6.01. The summed E-state index contributed by atoms with van der Waals surface area (Å²) in [7, 11) is 0.